The largest absolute Gasteiger partial charge is 1.00 e. The first kappa shape index (κ1) is 17.0. The number of fused-ring (bicyclic) bond motifs is 1. The molecule has 0 radical (unpaired) electrons. The number of hydrogen-bond donors (Lipinski definition) is 0. The summed E-state index contributed by atoms with van der Waals surface area (Å²) in [6, 6.07) is 12.3. The topological polar surface area (TPSA) is 8.81 Å². The van der Waals surface area contributed by atoms with Crippen molar-refractivity contribution in [1.82, 2.24) is 4.57 Å². The molecule has 4 heteroatoms. The van der Waals surface area contributed by atoms with Crippen molar-refractivity contribution in [2.24, 2.45) is 14.1 Å². The van der Waals surface area contributed by atoms with Gasteiger partial charge in [-0.15, -0.1) is 0 Å². The van der Waals surface area contributed by atoms with Gasteiger partial charge in [-0.1, -0.05) is 11.6 Å². The number of benzene rings is 1. The number of aryl methyl sites for hydroxylation is 2. The SMILES string of the molecule is Cc1cccc(/C=C/c2cn(C)c3ccc(Cl)cc23)[n+]1C.[I-]. The molecule has 22 heavy (non-hydrogen) atoms. The van der Waals surface area contributed by atoms with Crippen LogP contribution in [0.5, 0.6) is 0 Å². The highest BCUT2D eigenvalue weighted by Gasteiger charge is 2.07. The first-order valence-electron chi connectivity index (χ1n) is 6.94. The second-order valence-electron chi connectivity index (χ2n) is 5.34. The highest BCUT2D eigenvalue weighted by atomic mass is 127. The maximum atomic E-state index is 6.13. The fourth-order valence-corrected chi connectivity index (χ4v) is 2.76. The minimum Gasteiger partial charge on any atom is -1.00 e. The highest BCUT2D eigenvalue weighted by Crippen LogP contribution is 2.25. The summed E-state index contributed by atoms with van der Waals surface area (Å²) < 4.78 is 4.30. The maximum absolute atomic E-state index is 6.13. The van der Waals surface area contributed by atoms with Gasteiger partial charge in [-0.3, -0.25) is 0 Å². The van der Waals surface area contributed by atoms with Crippen LogP contribution in [0.3, 0.4) is 0 Å². The number of hydrogen-bond acceptors (Lipinski definition) is 0. The van der Waals surface area contributed by atoms with Crippen LogP contribution < -0.4 is 28.5 Å². The molecule has 3 rings (SSSR count). The van der Waals surface area contributed by atoms with Crippen molar-refractivity contribution >= 4 is 34.7 Å². The normalized spacial score (nSPS) is 11.1. The molecular formula is C18H18ClIN2. The molecule has 0 amide bonds. The molecule has 0 atom stereocenters. The summed E-state index contributed by atoms with van der Waals surface area (Å²) in [4.78, 5) is 0. The number of rotatable bonds is 2. The van der Waals surface area contributed by atoms with Crippen LogP contribution in [0.4, 0.5) is 0 Å². The molecule has 0 saturated carbocycles. The lowest BCUT2D eigenvalue weighted by Crippen LogP contribution is -3.00. The number of pyridine rings is 1. The predicted octanol–water partition coefficient (Wildman–Crippen LogP) is 1.14. The molecule has 2 nitrogen and oxygen atoms in total. The van der Waals surface area contributed by atoms with E-state index in [1.54, 1.807) is 0 Å². The Morgan fingerprint density at radius 3 is 2.68 bits per heavy atom. The molecular weight excluding hydrogens is 407 g/mol. The summed E-state index contributed by atoms with van der Waals surface area (Å²) in [6.07, 6.45) is 6.42. The molecule has 0 bridgehead atoms. The van der Waals surface area contributed by atoms with Crippen LogP contribution in [-0.4, -0.2) is 4.57 Å². The molecule has 0 aliphatic carbocycles. The molecule has 2 aromatic heterocycles. The molecule has 2 heterocycles. The fraction of sp³-hybridized carbons (Fsp3) is 0.167. The van der Waals surface area contributed by atoms with Crippen molar-refractivity contribution in [3.8, 4) is 0 Å². The molecule has 0 aliphatic rings. The van der Waals surface area contributed by atoms with E-state index in [-0.39, 0.29) is 24.0 Å². The number of aromatic nitrogens is 2. The van der Waals surface area contributed by atoms with E-state index in [9.17, 15) is 0 Å². The summed E-state index contributed by atoms with van der Waals surface area (Å²) in [5.74, 6) is 0. The van der Waals surface area contributed by atoms with Gasteiger partial charge >= 0.3 is 0 Å². The minimum absolute atomic E-state index is 0. The van der Waals surface area contributed by atoms with Crippen LogP contribution in [0.15, 0.2) is 42.6 Å². The van der Waals surface area contributed by atoms with Crippen molar-refractivity contribution in [2.75, 3.05) is 0 Å². The molecule has 0 saturated heterocycles. The van der Waals surface area contributed by atoms with E-state index >= 15 is 0 Å². The minimum atomic E-state index is 0. The summed E-state index contributed by atoms with van der Waals surface area (Å²) >= 11 is 6.13. The Hall–Kier alpha value is -1.33. The molecule has 0 unspecified atom stereocenters. The van der Waals surface area contributed by atoms with Crippen LogP contribution >= 0.6 is 11.6 Å². The van der Waals surface area contributed by atoms with Gasteiger partial charge in [0.1, 0.15) is 7.05 Å². The van der Waals surface area contributed by atoms with Crippen LogP contribution in [-0.2, 0) is 14.1 Å². The highest BCUT2D eigenvalue weighted by molar-refractivity contribution is 6.31. The lowest BCUT2D eigenvalue weighted by molar-refractivity contribution is -0.679. The second kappa shape index (κ2) is 6.84. The Labute approximate surface area is 153 Å². The van der Waals surface area contributed by atoms with Gasteiger partial charge < -0.3 is 28.5 Å². The van der Waals surface area contributed by atoms with Gasteiger partial charge in [0.2, 0.25) is 5.69 Å². The Morgan fingerprint density at radius 2 is 1.91 bits per heavy atom. The monoisotopic (exact) mass is 424 g/mol. The van der Waals surface area contributed by atoms with E-state index in [1.807, 2.05) is 12.1 Å². The summed E-state index contributed by atoms with van der Waals surface area (Å²) in [5, 5.41) is 1.95. The van der Waals surface area contributed by atoms with Crippen LogP contribution in [0, 0.1) is 6.92 Å². The van der Waals surface area contributed by atoms with Crippen LogP contribution in [0.2, 0.25) is 5.02 Å². The van der Waals surface area contributed by atoms with Crippen molar-refractivity contribution in [3.63, 3.8) is 0 Å². The molecule has 114 valence electrons. The van der Waals surface area contributed by atoms with E-state index in [1.165, 1.54) is 27.9 Å². The fourth-order valence-electron chi connectivity index (χ4n) is 2.58. The third kappa shape index (κ3) is 3.20. The molecule has 0 fully saturated rings. The lowest BCUT2D eigenvalue weighted by atomic mass is 10.1. The number of nitrogens with zero attached hydrogens (tertiary/aromatic N) is 2. The second-order valence-corrected chi connectivity index (χ2v) is 5.78. The van der Waals surface area contributed by atoms with Gasteiger partial charge in [-0.25, -0.2) is 0 Å². The third-order valence-corrected chi connectivity index (χ3v) is 4.17. The van der Waals surface area contributed by atoms with Gasteiger partial charge in [0.15, 0.2) is 5.69 Å². The van der Waals surface area contributed by atoms with Crippen molar-refractivity contribution in [1.29, 1.82) is 0 Å². The predicted molar refractivity (Wildman–Crippen MR) is 89.2 cm³/mol. The first-order chi connectivity index (χ1) is 10.1. The van der Waals surface area contributed by atoms with Crippen LogP contribution in [0.1, 0.15) is 17.0 Å². The molecule has 0 aliphatic heterocycles. The Bertz CT molecular complexity index is 850. The summed E-state index contributed by atoms with van der Waals surface area (Å²) in [7, 11) is 4.13. The third-order valence-electron chi connectivity index (χ3n) is 3.94. The Morgan fingerprint density at radius 1 is 1.14 bits per heavy atom. The van der Waals surface area contributed by atoms with E-state index in [0.717, 1.165) is 5.02 Å². The maximum Gasteiger partial charge on any atom is 0.205 e. The van der Waals surface area contributed by atoms with Crippen molar-refractivity contribution in [3.05, 3.63) is 64.6 Å². The Balaban J connectivity index is 0.00000176. The zero-order valence-electron chi connectivity index (χ0n) is 12.8. The zero-order valence-corrected chi connectivity index (χ0v) is 15.8. The van der Waals surface area contributed by atoms with E-state index < -0.39 is 0 Å². The summed E-state index contributed by atoms with van der Waals surface area (Å²) in [5.41, 5.74) is 4.77. The van der Waals surface area contributed by atoms with Gasteiger partial charge in [-0.2, -0.15) is 4.57 Å². The van der Waals surface area contributed by atoms with E-state index in [0.29, 0.717) is 0 Å². The number of halogens is 2. The lowest BCUT2D eigenvalue weighted by Gasteiger charge is -1.97. The van der Waals surface area contributed by atoms with Gasteiger partial charge in [-0.05, 0) is 30.3 Å². The van der Waals surface area contributed by atoms with Gasteiger partial charge in [0.05, 0.1) is 0 Å². The van der Waals surface area contributed by atoms with Crippen molar-refractivity contribution < 1.29 is 28.5 Å². The zero-order chi connectivity index (χ0) is 15.0. The average Bonchev–Trinajstić information content (AvgIpc) is 2.76. The standard InChI is InChI=1S/C18H18ClN2.HI/c1-13-5-4-6-16(21(13)3)9-7-14-12-20(2)18-10-8-15(19)11-17(14)18;/h4-12H,1-3H3;1H/q+1;/p-1. The molecule has 3 aromatic rings. The van der Waals surface area contributed by atoms with Gasteiger partial charge in [0.25, 0.3) is 0 Å². The quantitative estimate of drug-likeness (QED) is 0.431. The molecule has 0 spiro atoms. The average molecular weight is 425 g/mol. The van der Waals surface area contributed by atoms with Crippen molar-refractivity contribution in [2.45, 2.75) is 6.92 Å². The smallest absolute Gasteiger partial charge is 0.205 e. The van der Waals surface area contributed by atoms with Crippen LogP contribution in [0.25, 0.3) is 23.1 Å². The Kier molecular flexibility index (Phi) is 5.29. The summed E-state index contributed by atoms with van der Waals surface area (Å²) in [6.45, 7) is 2.11. The van der Waals surface area contributed by atoms with Gasteiger partial charge in [0, 0.05) is 59.9 Å². The van der Waals surface area contributed by atoms with E-state index in [4.69, 9.17) is 11.6 Å². The molecule has 1 aromatic carbocycles. The molecule has 0 N–H and O–H groups in total. The van der Waals surface area contributed by atoms with E-state index in [2.05, 4.69) is 72.8 Å². The first-order valence-corrected chi connectivity index (χ1v) is 7.32.